The molecule has 0 heterocycles. The number of urea groups is 1. The molecule has 2 rings (SSSR count). The van der Waals surface area contributed by atoms with Gasteiger partial charge in [0.2, 0.25) is 0 Å². The van der Waals surface area contributed by atoms with Crippen LogP contribution in [0.25, 0.3) is 0 Å². The van der Waals surface area contributed by atoms with Crippen molar-refractivity contribution < 1.29 is 19.1 Å². The number of anilines is 1. The Morgan fingerprint density at radius 3 is 2.40 bits per heavy atom. The summed E-state index contributed by atoms with van der Waals surface area (Å²) in [6, 6.07) is 15.8. The lowest BCUT2D eigenvalue weighted by atomic mass is 10.2. The van der Waals surface area contributed by atoms with Crippen LogP contribution in [-0.4, -0.2) is 31.8 Å². The van der Waals surface area contributed by atoms with Gasteiger partial charge in [0.1, 0.15) is 5.75 Å². The van der Waals surface area contributed by atoms with E-state index in [4.69, 9.17) is 9.47 Å². The summed E-state index contributed by atoms with van der Waals surface area (Å²) < 4.78 is 10.5. The standard InChI is InChI=1S/C19H22N2O4/c1-2-24-18(22)15-9-11-16(12-10-15)21-19(23)20-13-6-14-25-17-7-4-3-5-8-17/h3-5,7-12H,2,6,13-14H2,1H3,(H2,20,21,23). The average Bonchev–Trinajstić information content (AvgIpc) is 2.63. The molecule has 0 spiro atoms. The summed E-state index contributed by atoms with van der Waals surface area (Å²) in [7, 11) is 0. The molecule has 2 aromatic rings. The lowest BCUT2D eigenvalue weighted by Crippen LogP contribution is -2.30. The van der Waals surface area contributed by atoms with Crippen LogP contribution in [-0.2, 0) is 4.74 Å². The molecule has 2 aromatic carbocycles. The van der Waals surface area contributed by atoms with Crippen LogP contribution in [0, 0.1) is 0 Å². The second-order valence-corrected chi connectivity index (χ2v) is 5.19. The molecule has 0 atom stereocenters. The van der Waals surface area contributed by atoms with Gasteiger partial charge in [0.15, 0.2) is 0 Å². The Kier molecular flexibility index (Phi) is 7.31. The van der Waals surface area contributed by atoms with Crippen molar-refractivity contribution in [1.82, 2.24) is 5.32 Å². The van der Waals surface area contributed by atoms with E-state index in [0.717, 1.165) is 5.75 Å². The van der Waals surface area contributed by atoms with Crippen LogP contribution in [0.4, 0.5) is 10.5 Å². The van der Waals surface area contributed by atoms with E-state index < -0.39 is 0 Å². The highest BCUT2D eigenvalue weighted by atomic mass is 16.5. The molecule has 0 aliphatic carbocycles. The first-order valence-electron chi connectivity index (χ1n) is 8.19. The van der Waals surface area contributed by atoms with Gasteiger partial charge in [-0.15, -0.1) is 0 Å². The molecule has 25 heavy (non-hydrogen) atoms. The van der Waals surface area contributed by atoms with Crippen LogP contribution < -0.4 is 15.4 Å². The van der Waals surface area contributed by atoms with Gasteiger partial charge in [-0.2, -0.15) is 0 Å². The van der Waals surface area contributed by atoms with Gasteiger partial charge in [0.05, 0.1) is 18.8 Å². The molecule has 132 valence electrons. The van der Waals surface area contributed by atoms with Crippen LogP contribution in [0.5, 0.6) is 5.75 Å². The minimum Gasteiger partial charge on any atom is -0.494 e. The van der Waals surface area contributed by atoms with Crippen molar-refractivity contribution >= 4 is 17.7 Å². The maximum atomic E-state index is 11.8. The van der Waals surface area contributed by atoms with E-state index in [1.165, 1.54) is 0 Å². The Balaban J connectivity index is 1.65. The van der Waals surface area contributed by atoms with Gasteiger partial charge >= 0.3 is 12.0 Å². The Morgan fingerprint density at radius 1 is 1.00 bits per heavy atom. The summed E-state index contributed by atoms with van der Waals surface area (Å²) in [5.41, 5.74) is 1.05. The predicted octanol–water partition coefficient (Wildman–Crippen LogP) is 3.45. The lowest BCUT2D eigenvalue weighted by molar-refractivity contribution is 0.0526. The lowest BCUT2D eigenvalue weighted by Gasteiger charge is -2.09. The van der Waals surface area contributed by atoms with Crippen LogP contribution in [0.15, 0.2) is 54.6 Å². The molecule has 0 fully saturated rings. The van der Waals surface area contributed by atoms with Crippen molar-refractivity contribution in [3.63, 3.8) is 0 Å². The molecule has 0 saturated carbocycles. The Labute approximate surface area is 147 Å². The first-order chi connectivity index (χ1) is 12.2. The predicted molar refractivity (Wildman–Crippen MR) is 96.0 cm³/mol. The number of rotatable bonds is 8. The molecular formula is C19H22N2O4. The third-order valence-electron chi connectivity index (χ3n) is 3.27. The Hall–Kier alpha value is -3.02. The summed E-state index contributed by atoms with van der Waals surface area (Å²) in [5, 5.41) is 5.46. The first kappa shape index (κ1) is 18.3. The fourth-order valence-corrected chi connectivity index (χ4v) is 2.06. The zero-order valence-corrected chi connectivity index (χ0v) is 14.2. The summed E-state index contributed by atoms with van der Waals surface area (Å²) in [6.07, 6.45) is 0.699. The number of nitrogens with one attached hydrogen (secondary N) is 2. The fraction of sp³-hybridized carbons (Fsp3) is 0.263. The monoisotopic (exact) mass is 342 g/mol. The SMILES string of the molecule is CCOC(=O)c1ccc(NC(=O)NCCCOc2ccccc2)cc1. The first-order valence-corrected chi connectivity index (χ1v) is 8.19. The summed E-state index contributed by atoms with van der Waals surface area (Å²) in [5.74, 6) is 0.436. The minimum atomic E-state index is -0.378. The van der Waals surface area contributed by atoms with Crippen molar-refractivity contribution in [2.24, 2.45) is 0 Å². The van der Waals surface area contributed by atoms with E-state index in [2.05, 4.69) is 10.6 Å². The highest BCUT2D eigenvalue weighted by molar-refractivity contribution is 5.92. The largest absolute Gasteiger partial charge is 0.494 e. The molecule has 0 radical (unpaired) electrons. The highest BCUT2D eigenvalue weighted by Crippen LogP contribution is 2.10. The number of benzene rings is 2. The van der Waals surface area contributed by atoms with Crippen molar-refractivity contribution in [3.8, 4) is 5.75 Å². The quantitative estimate of drug-likeness (QED) is 0.569. The topological polar surface area (TPSA) is 76.7 Å². The van der Waals surface area contributed by atoms with E-state index in [1.807, 2.05) is 30.3 Å². The van der Waals surface area contributed by atoms with Gasteiger partial charge < -0.3 is 20.1 Å². The fourth-order valence-electron chi connectivity index (χ4n) is 2.06. The maximum Gasteiger partial charge on any atom is 0.338 e. The van der Waals surface area contributed by atoms with Gasteiger partial charge in [-0.25, -0.2) is 9.59 Å². The number of ether oxygens (including phenoxy) is 2. The minimum absolute atomic E-state index is 0.302. The summed E-state index contributed by atoms with van der Waals surface area (Å²) in [4.78, 5) is 23.4. The molecule has 0 unspecified atom stereocenters. The molecular weight excluding hydrogens is 320 g/mol. The Bertz CT molecular complexity index is 672. The average molecular weight is 342 g/mol. The molecule has 0 aliphatic heterocycles. The van der Waals surface area contributed by atoms with E-state index in [9.17, 15) is 9.59 Å². The van der Waals surface area contributed by atoms with E-state index >= 15 is 0 Å². The third-order valence-corrected chi connectivity index (χ3v) is 3.27. The second kappa shape index (κ2) is 9.97. The number of carbonyl (C=O) groups is 2. The molecule has 0 aliphatic rings. The van der Waals surface area contributed by atoms with Crippen molar-refractivity contribution in [2.75, 3.05) is 25.1 Å². The highest BCUT2D eigenvalue weighted by Gasteiger charge is 2.06. The zero-order valence-electron chi connectivity index (χ0n) is 14.2. The number of para-hydroxylation sites is 1. The summed E-state index contributed by atoms with van der Waals surface area (Å²) in [6.45, 7) is 3.11. The van der Waals surface area contributed by atoms with Gasteiger partial charge in [-0.3, -0.25) is 0 Å². The van der Waals surface area contributed by atoms with Crippen LogP contribution >= 0.6 is 0 Å². The molecule has 6 heteroatoms. The molecule has 2 N–H and O–H groups in total. The van der Waals surface area contributed by atoms with E-state index in [1.54, 1.807) is 31.2 Å². The smallest absolute Gasteiger partial charge is 0.338 e. The number of amides is 2. The van der Waals surface area contributed by atoms with Gasteiger partial charge in [-0.1, -0.05) is 18.2 Å². The van der Waals surface area contributed by atoms with Gasteiger partial charge in [0.25, 0.3) is 0 Å². The number of hydrogen-bond acceptors (Lipinski definition) is 4. The molecule has 0 saturated heterocycles. The van der Waals surface area contributed by atoms with Crippen molar-refractivity contribution in [3.05, 3.63) is 60.2 Å². The van der Waals surface area contributed by atoms with Crippen LogP contribution in [0.2, 0.25) is 0 Å². The van der Waals surface area contributed by atoms with Crippen molar-refractivity contribution in [1.29, 1.82) is 0 Å². The Morgan fingerprint density at radius 2 is 1.72 bits per heavy atom. The van der Waals surface area contributed by atoms with E-state index in [0.29, 0.717) is 37.4 Å². The number of hydrogen-bond donors (Lipinski definition) is 2. The van der Waals surface area contributed by atoms with Crippen LogP contribution in [0.3, 0.4) is 0 Å². The second-order valence-electron chi connectivity index (χ2n) is 5.19. The molecule has 0 bridgehead atoms. The maximum absolute atomic E-state index is 11.8. The van der Waals surface area contributed by atoms with Gasteiger partial charge in [0, 0.05) is 12.2 Å². The van der Waals surface area contributed by atoms with E-state index in [-0.39, 0.29) is 12.0 Å². The van der Waals surface area contributed by atoms with Gasteiger partial charge in [-0.05, 0) is 49.7 Å². The van der Waals surface area contributed by atoms with Crippen molar-refractivity contribution in [2.45, 2.75) is 13.3 Å². The molecule has 0 aromatic heterocycles. The number of esters is 1. The molecule has 2 amide bonds. The zero-order chi connectivity index (χ0) is 17.9. The van der Waals surface area contributed by atoms with Crippen LogP contribution in [0.1, 0.15) is 23.7 Å². The summed E-state index contributed by atoms with van der Waals surface area (Å²) >= 11 is 0. The molecule has 6 nitrogen and oxygen atoms in total. The number of carbonyl (C=O) groups excluding carboxylic acids is 2. The normalized spacial score (nSPS) is 9.96. The third kappa shape index (κ3) is 6.55.